The van der Waals surface area contributed by atoms with Gasteiger partial charge in [0, 0.05) is 34.4 Å². The molecule has 0 spiro atoms. The van der Waals surface area contributed by atoms with Gasteiger partial charge in [-0.05, 0) is 185 Å². The van der Waals surface area contributed by atoms with E-state index in [-0.39, 0.29) is 46.6 Å². The fourth-order valence-corrected chi connectivity index (χ4v) is 15.8. The van der Waals surface area contributed by atoms with Gasteiger partial charge in [0.25, 0.3) is 0 Å². The van der Waals surface area contributed by atoms with Crippen molar-refractivity contribution >= 4 is 24.0 Å². The van der Waals surface area contributed by atoms with Crippen LogP contribution in [-0.4, -0.2) is 68.7 Å². The van der Waals surface area contributed by atoms with Crippen LogP contribution in [-0.2, 0) is 9.59 Å². The van der Waals surface area contributed by atoms with Gasteiger partial charge in [0.15, 0.2) is 11.6 Å². The number of nitrogens with zero attached hydrogens (tertiary/aromatic N) is 2. The van der Waals surface area contributed by atoms with E-state index in [2.05, 4.69) is 37.7 Å². The fraction of sp³-hybridized carbons (Fsp3) is 0.692. The van der Waals surface area contributed by atoms with Crippen molar-refractivity contribution in [2.24, 2.45) is 79.0 Å². The molecule has 8 fully saturated rings. The Balaban J connectivity index is 0.000000154. The molecule has 8 aliphatic carbocycles. The van der Waals surface area contributed by atoms with Crippen molar-refractivity contribution in [2.45, 2.75) is 155 Å². The lowest BCUT2D eigenvalue weighted by Crippen LogP contribution is -2.54. The molecule has 8 saturated carbocycles. The number of Topliss-reactive ketones (excluding diaryl/α,β-unsaturated/α-hetero) is 2. The molecule has 0 bridgehead atoms. The topological polar surface area (TPSA) is 140 Å². The quantitative estimate of drug-likeness (QED) is 0.227. The second kappa shape index (κ2) is 15.8. The average molecular weight is 819 g/mol. The molecule has 8 aliphatic rings. The van der Waals surface area contributed by atoms with Gasteiger partial charge in [0.05, 0.1) is 12.2 Å². The summed E-state index contributed by atoms with van der Waals surface area (Å²) >= 11 is 0. The number of hydrogen-bond donors (Lipinski definition) is 4. The Hall–Kier alpha value is -3.36. The average Bonchev–Trinajstić information content (AvgIpc) is 3.65. The first-order valence-corrected chi connectivity index (χ1v) is 23.7. The van der Waals surface area contributed by atoms with E-state index in [9.17, 15) is 30.0 Å². The maximum atomic E-state index is 13.4. The van der Waals surface area contributed by atoms with E-state index in [1.807, 2.05) is 24.3 Å². The number of aliphatic hydroxyl groups excluding tert-OH is 2. The van der Waals surface area contributed by atoms with Gasteiger partial charge < -0.3 is 20.4 Å². The van der Waals surface area contributed by atoms with E-state index in [1.165, 1.54) is 25.7 Å². The third kappa shape index (κ3) is 6.93. The van der Waals surface area contributed by atoms with Crippen LogP contribution in [0.3, 0.4) is 0 Å². The van der Waals surface area contributed by atoms with Gasteiger partial charge in [-0.25, -0.2) is 0 Å². The Morgan fingerprint density at radius 2 is 0.917 bits per heavy atom. The number of phenols is 2. The molecule has 16 atom stereocenters. The number of hydrogen-bond acceptors (Lipinski definition) is 8. The first kappa shape index (κ1) is 42.0. The lowest BCUT2D eigenvalue weighted by molar-refractivity contribution is -0.143. The molecule has 0 aliphatic heterocycles. The first-order valence-electron chi connectivity index (χ1n) is 23.7. The Labute approximate surface area is 357 Å². The highest BCUT2D eigenvalue weighted by atomic mass is 16.3. The minimum absolute atomic E-state index is 0.116. The predicted molar refractivity (Wildman–Crippen MR) is 235 cm³/mol. The minimum Gasteiger partial charge on any atom is -0.507 e. The standard InChI is InChI=1S/2C26H35NO3/c2*1-25-11-9-18(28)13-17(25)7-8-19-20(25)10-12-26(2)21(19)14-22(24(26)30)27-15-16-5-3-4-6-23(16)29/h2*3-6,15,17-22,28-29H,7-14H2,1-2H3. The molecular formula is C52H70N2O6. The number of aromatic hydroxyl groups is 2. The van der Waals surface area contributed by atoms with Crippen molar-refractivity contribution in [3.63, 3.8) is 0 Å². The number of aliphatic imine (C=N–C) groups is 2. The molecule has 2 aromatic carbocycles. The number of para-hydroxylation sites is 2. The summed E-state index contributed by atoms with van der Waals surface area (Å²) in [6.45, 7) is 9.36. The summed E-state index contributed by atoms with van der Waals surface area (Å²) in [6, 6.07) is 13.8. The minimum atomic E-state index is -0.280. The van der Waals surface area contributed by atoms with Crippen LogP contribution >= 0.6 is 0 Å². The molecular weight excluding hydrogens is 749 g/mol. The number of rotatable bonds is 4. The highest BCUT2D eigenvalue weighted by Crippen LogP contribution is 2.67. The van der Waals surface area contributed by atoms with Crippen LogP contribution in [0.15, 0.2) is 58.5 Å². The van der Waals surface area contributed by atoms with E-state index in [0.29, 0.717) is 80.9 Å². The molecule has 0 heterocycles. The van der Waals surface area contributed by atoms with Gasteiger partial charge in [0.1, 0.15) is 23.6 Å². The summed E-state index contributed by atoms with van der Waals surface area (Å²) in [5, 5.41) is 40.5. The monoisotopic (exact) mass is 819 g/mol. The molecule has 324 valence electrons. The number of carbonyl (C=O) groups is 2. The van der Waals surface area contributed by atoms with Crippen molar-refractivity contribution in [1.82, 2.24) is 0 Å². The van der Waals surface area contributed by atoms with Crippen molar-refractivity contribution in [3.8, 4) is 11.5 Å². The van der Waals surface area contributed by atoms with Crippen LogP contribution in [0.1, 0.15) is 142 Å². The van der Waals surface area contributed by atoms with Crippen LogP contribution in [0.2, 0.25) is 0 Å². The molecule has 0 aromatic heterocycles. The van der Waals surface area contributed by atoms with Crippen molar-refractivity contribution in [2.75, 3.05) is 0 Å². The molecule has 10 rings (SSSR count). The third-order valence-electron chi connectivity index (χ3n) is 19.4. The van der Waals surface area contributed by atoms with E-state index < -0.39 is 0 Å². The number of carbonyl (C=O) groups excluding carboxylic acids is 2. The molecule has 8 nitrogen and oxygen atoms in total. The number of aliphatic hydroxyl groups is 2. The van der Waals surface area contributed by atoms with Gasteiger partial charge in [-0.15, -0.1) is 0 Å². The number of phenolic OH excluding ortho intramolecular Hbond substituents is 2. The Bertz CT molecular complexity index is 1870. The zero-order valence-corrected chi connectivity index (χ0v) is 36.5. The van der Waals surface area contributed by atoms with Crippen molar-refractivity contribution in [3.05, 3.63) is 59.7 Å². The zero-order chi connectivity index (χ0) is 42.2. The summed E-state index contributed by atoms with van der Waals surface area (Å²) in [5.41, 5.74) is 1.50. The Kier molecular flexibility index (Phi) is 11.0. The number of ketones is 2. The molecule has 0 radical (unpaired) electrons. The maximum Gasteiger partial charge on any atom is 0.163 e. The highest BCUT2D eigenvalue weighted by molar-refractivity contribution is 5.95. The van der Waals surface area contributed by atoms with Gasteiger partial charge in [0.2, 0.25) is 0 Å². The largest absolute Gasteiger partial charge is 0.507 e. The van der Waals surface area contributed by atoms with Gasteiger partial charge in [-0.3, -0.25) is 19.6 Å². The molecule has 60 heavy (non-hydrogen) atoms. The lowest BCUT2D eigenvalue weighted by Gasteiger charge is -2.60. The Morgan fingerprint density at radius 1 is 0.517 bits per heavy atom. The summed E-state index contributed by atoms with van der Waals surface area (Å²) in [6.07, 6.45) is 19.9. The maximum absolute atomic E-state index is 13.4. The van der Waals surface area contributed by atoms with Crippen molar-refractivity contribution < 1.29 is 30.0 Å². The lowest BCUT2D eigenvalue weighted by atomic mass is 9.45. The van der Waals surface area contributed by atoms with Crippen LogP contribution in [0.5, 0.6) is 11.5 Å². The molecule has 8 heteroatoms. The van der Waals surface area contributed by atoms with Crippen LogP contribution in [0.25, 0.3) is 0 Å². The van der Waals surface area contributed by atoms with Gasteiger partial charge in [-0.1, -0.05) is 52.0 Å². The Morgan fingerprint density at radius 3 is 1.32 bits per heavy atom. The molecule has 4 N–H and O–H groups in total. The second-order valence-electron chi connectivity index (χ2n) is 22.0. The SMILES string of the molecule is CC12CCC3C(CCC4CC(O)CCC43C)C1CC(N=Cc1ccccc1O)C2=O.CC12CCC3C(CCC4CC(O)CCC43C)C1CC(N=Cc1ccccc1O)C2=O. The molecule has 2 aromatic rings. The number of benzene rings is 2. The highest BCUT2D eigenvalue weighted by Gasteiger charge is 2.64. The molecule has 16 unspecified atom stereocenters. The van der Waals surface area contributed by atoms with E-state index in [0.717, 1.165) is 77.0 Å². The summed E-state index contributed by atoms with van der Waals surface area (Å²) < 4.78 is 0. The summed E-state index contributed by atoms with van der Waals surface area (Å²) in [5.74, 6) is 5.71. The summed E-state index contributed by atoms with van der Waals surface area (Å²) in [4.78, 5) is 36.2. The van der Waals surface area contributed by atoms with Crippen LogP contribution in [0.4, 0.5) is 0 Å². The third-order valence-corrected chi connectivity index (χ3v) is 19.4. The van der Waals surface area contributed by atoms with E-state index in [1.54, 1.807) is 36.7 Å². The molecule has 0 saturated heterocycles. The second-order valence-corrected chi connectivity index (χ2v) is 22.0. The van der Waals surface area contributed by atoms with Gasteiger partial charge in [-0.2, -0.15) is 0 Å². The summed E-state index contributed by atoms with van der Waals surface area (Å²) in [7, 11) is 0. The first-order chi connectivity index (χ1) is 28.7. The van der Waals surface area contributed by atoms with Crippen LogP contribution < -0.4 is 0 Å². The van der Waals surface area contributed by atoms with Gasteiger partial charge >= 0.3 is 0 Å². The fourth-order valence-electron chi connectivity index (χ4n) is 15.8. The zero-order valence-electron chi connectivity index (χ0n) is 36.5. The normalized spacial score (nSPS) is 45.8. The molecule has 0 amide bonds. The van der Waals surface area contributed by atoms with E-state index >= 15 is 0 Å². The van der Waals surface area contributed by atoms with E-state index in [4.69, 9.17) is 0 Å². The predicted octanol–water partition coefficient (Wildman–Crippen LogP) is 9.52. The van der Waals surface area contributed by atoms with Crippen molar-refractivity contribution in [1.29, 1.82) is 0 Å². The van der Waals surface area contributed by atoms with Crippen LogP contribution in [0, 0.1) is 69.0 Å². The number of fused-ring (bicyclic) bond motifs is 10. The smallest absolute Gasteiger partial charge is 0.163 e.